The van der Waals surface area contributed by atoms with Crippen molar-refractivity contribution in [1.29, 1.82) is 0 Å². The first-order valence-electron chi connectivity index (χ1n) is 10.9. The molecular formula is C26H26N2O3. The lowest BCUT2D eigenvalue weighted by Gasteiger charge is -2.33. The summed E-state index contributed by atoms with van der Waals surface area (Å²) in [6.07, 6.45) is 4.69. The Labute approximate surface area is 182 Å². The van der Waals surface area contributed by atoms with Crippen LogP contribution in [0.3, 0.4) is 0 Å². The number of rotatable bonds is 6. The average Bonchev–Trinajstić information content (AvgIpc) is 3.46. The van der Waals surface area contributed by atoms with Crippen molar-refractivity contribution in [1.82, 2.24) is 0 Å². The van der Waals surface area contributed by atoms with Crippen LogP contribution in [-0.2, 0) is 6.61 Å². The maximum atomic E-state index is 11.5. The second kappa shape index (κ2) is 8.34. The van der Waals surface area contributed by atoms with Crippen LogP contribution in [-0.4, -0.2) is 17.1 Å². The number of nitrogens with one attached hydrogen (secondary N) is 1. The number of anilines is 2. The van der Waals surface area contributed by atoms with Gasteiger partial charge in [-0.05, 0) is 54.3 Å². The summed E-state index contributed by atoms with van der Waals surface area (Å²) in [6, 6.07) is 24.1. The normalized spacial score (nSPS) is 17.9. The van der Waals surface area contributed by atoms with Crippen LogP contribution in [0.2, 0.25) is 0 Å². The van der Waals surface area contributed by atoms with Crippen LogP contribution in [0.4, 0.5) is 11.4 Å². The minimum Gasteiger partial charge on any atom is -0.489 e. The summed E-state index contributed by atoms with van der Waals surface area (Å²) in [7, 11) is 0. The van der Waals surface area contributed by atoms with Crippen LogP contribution in [0.15, 0.2) is 72.8 Å². The smallest absolute Gasteiger partial charge is 0.335 e. The van der Waals surface area contributed by atoms with Gasteiger partial charge in [0.2, 0.25) is 0 Å². The summed E-state index contributed by atoms with van der Waals surface area (Å²) in [5.74, 6) is -0.0544. The second-order valence-corrected chi connectivity index (χ2v) is 8.27. The van der Waals surface area contributed by atoms with Crippen LogP contribution in [0.25, 0.3) is 0 Å². The van der Waals surface area contributed by atoms with E-state index in [9.17, 15) is 9.90 Å². The van der Waals surface area contributed by atoms with Crippen molar-refractivity contribution < 1.29 is 14.6 Å². The minimum absolute atomic E-state index is 0.00896. The molecule has 1 fully saturated rings. The number of carboxylic acid groups (broad SMARTS) is 1. The Bertz CT molecular complexity index is 1060. The van der Waals surface area contributed by atoms with E-state index in [0.717, 1.165) is 41.1 Å². The van der Waals surface area contributed by atoms with Crippen molar-refractivity contribution in [3.63, 3.8) is 0 Å². The minimum atomic E-state index is -0.891. The number of benzene rings is 3. The molecule has 31 heavy (non-hydrogen) atoms. The standard InChI is InChI=1S/C26H26N2O3/c29-26(30)20-12-15-23-24(16-20)28(21-8-4-5-9-21)25(27-23)19-10-13-22(14-11-19)31-17-18-6-2-1-3-7-18/h1-3,6-7,10-16,21,25,27H,4-5,8-9,17H2,(H,29,30). The zero-order valence-corrected chi connectivity index (χ0v) is 17.3. The molecule has 1 saturated carbocycles. The van der Waals surface area contributed by atoms with Gasteiger partial charge in [0, 0.05) is 6.04 Å². The van der Waals surface area contributed by atoms with Gasteiger partial charge < -0.3 is 20.1 Å². The van der Waals surface area contributed by atoms with Crippen molar-refractivity contribution >= 4 is 17.3 Å². The van der Waals surface area contributed by atoms with E-state index in [4.69, 9.17) is 4.74 Å². The van der Waals surface area contributed by atoms with Crippen LogP contribution in [0.1, 0.15) is 53.3 Å². The summed E-state index contributed by atoms with van der Waals surface area (Å²) in [5.41, 5.74) is 4.59. The fourth-order valence-corrected chi connectivity index (χ4v) is 4.68. The van der Waals surface area contributed by atoms with Gasteiger partial charge in [0.25, 0.3) is 0 Å². The number of fused-ring (bicyclic) bond motifs is 1. The fourth-order valence-electron chi connectivity index (χ4n) is 4.68. The molecule has 5 nitrogen and oxygen atoms in total. The Hall–Kier alpha value is -3.47. The predicted octanol–water partition coefficient (Wildman–Crippen LogP) is 5.84. The third-order valence-corrected chi connectivity index (χ3v) is 6.26. The van der Waals surface area contributed by atoms with Gasteiger partial charge in [-0.3, -0.25) is 0 Å². The molecule has 1 unspecified atom stereocenters. The molecule has 2 aliphatic rings. The SMILES string of the molecule is O=C(O)c1ccc2c(c1)N(C1CCCC1)C(c1ccc(OCc3ccccc3)cc1)N2. The molecule has 0 aromatic heterocycles. The quantitative estimate of drug-likeness (QED) is 0.531. The molecule has 1 aliphatic carbocycles. The monoisotopic (exact) mass is 414 g/mol. The molecule has 0 amide bonds. The lowest BCUT2D eigenvalue weighted by Crippen LogP contribution is -2.36. The van der Waals surface area contributed by atoms with Gasteiger partial charge in [-0.25, -0.2) is 4.79 Å². The number of hydrogen-bond acceptors (Lipinski definition) is 4. The van der Waals surface area contributed by atoms with Crippen LogP contribution in [0, 0.1) is 0 Å². The molecule has 3 aromatic carbocycles. The molecule has 0 spiro atoms. The first-order chi connectivity index (χ1) is 15.2. The Morgan fingerprint density at radius 1 is 1.00 bits per heavy atom. The van der Waals surface area contributed by atoms with Crippen molar-refractivity contribution in [2.45, 2.75) is 44.5 Å². The Balaban J connectivity index is 1.38. The highest BCUT2D eigenvalue weighted by Crippen LogP contribution is 2.46. The Morgan fingerprint density at radius 2 is 1.74 bits per heavy atom. The van der Waals surface area contributed by atoms with Crippen molar-refractivity contribution in [2.24, 2.45) is 0 Å². The van der Waals surface area contributed by atoms with Crippen molar-refractivity contribution in [2.75, 3.05) is 10.2 Å². The zero-order valence-electron chi connectivity index (χ0n) is 17.3. The third-order valence-electron chi connectivity index (χ3n) is 6.26. The van der Waals surface area contributed by atoms with Gasteiger partial charge >= 0.3 is 5.97 Å². The lowest BCUT2D eigenvalue weighted by molar-refractivity contribution is 0.0697. The summed E-state index contributed by atoms with van der Waals surface area (Å²) in [4.78, 5) is 13.9. The maximum absolute atomic E-state index is 11.5. The van der Waals surface area contributed by atoms with Gasteiger partial charge in [-0.2, -0.15) is 0 Å². The number of carboxylic acids is 1. The third kappa shape index (κ3) is 3.96. The summed E-state index contributed by atoms with van der Waals surface area (Å²) < 4.78 is 5.94. The van der Waals surface area contributed by atoms with E-state index in [1.165, 1.54) is 12.8 Å². The molecule has 0 radical (unpaired) electrons. The molecule has 2 N–H and O–H groups in total. The topological polar surface area (TPSA) is 61.8 Å². The number of carbonyl (C=O) groups is 1. The van der Waals surface area contributed by atoms with Gasteiger partial charge in [0.1, 0.15) is 18.5 Å². The highest BCUT2D eigenvalue weighted by atomic mass is 16.5. The number of nitrogens with zero attached hydrogens (tertiary/aromatic N) is 1. The Kier molecular flexibility index (Phi) is 5.24. The van der Waals surface area contributed by atoms with E-state index in [1.54, 1.807) is 12.1 Å². The van der Waals surface area contributed by atoms with Crippen LogP contribution >= 0.6 is 0 Å². The summed E-state index contributed by atoms with van der Waals surface area (Å²) >= 11 is 0. The second-order valence-electron chi connectivity index (χ2n) is 8.27. The summed E-state index contributed by atoms with van der Waals surface area (Å²) in [5, 5.41) is 13.1. The molecule has 1 aliphatic heterocycles. The van der Waals surface area contributed by atoms with E-state index in [1.807, 2.05) is 36.4 Å². The molecule has 0 bridgehead atoms. The number of aromatic carboxylic acids is 1. The fraction of sp³-hybridized carbons (Fsp3) is 0.269. The largest absolute Gasteiger partial charge is 0.489 e. The van der Waals surface area contributed by atoms with Crippen LogP contribution in [0.5, 0.6) is 5.75 Å². The highest BCUT2D eigenvalue weighted by Gasteiger charge is 2.36. The zero-order chi connectivity index (χ0) is 21.2. The van der Waals surface area contributed by atoms with Gasteiger partial charge in [0.15, 0.2) is 0 Å². The average molecular weight is 415 g/mol. The molecular weight excluding hydrogens is 388 g/mol. The first kappa shape index (κ1) is 19.5. The molecule has 1 heterocycles. The maximum Gasteiger partial charge on any atom is 0.335 e. The van der Waals surface area contributed by atoms with Gasteiger partial charge in [-0.15, -0.1) is 0 Å². The molecule has 0 saturated heterocycles. The molecule has 5 rings (SSSR count). The molecule has 158 valence electrons. The lowest BCUT2D eigenvalue weighted by atomic mass is 10.1. The van der Waals surface area contributed by atoms with E-state index in [0.29, 0.717) is 18.2 Å². The number of ether oxygens (including phenoxy) is 1. The van der Waals surface area contributed by atoms with Crippen LogP contribution < -0.4 is 15.0 Å². The van der Waals surface area contributed by atoms with E-state index < -0.39 is 5.97 Å². The van der Waals surface area contributed by atoms with E-state index in [-0.39, 0.29) is 6.17 Å². The van der Waals surface area contributed by atoms with E-state index >= 15 is 0 Å². The first-order valence-corrected chi connectivity index (χ1v) is 10.9. The molecule has 3 aromatic rings. The molecule has 5 heteroatoms. The Morgan fingerprint density at radius 3 is 2.45 bits per heavy atom. The number of hydrogen-bond donors (Lipinski definition) is 2. The highest BCUT2D eigenvalue weighted by molar-refractivity contribution is 5.92. The van der Waals surface area contributed by atoms with Gasteiger partial charge in [-0.1, -0.05) is 55.3 Å². The summed E-state index contributed by atoms with van der Waals surface area (Å²) in [6.45, 7) is 0.541. The predicted molar refractivity (Wildman–Crippen MR) is 122 cm³/mol. The van der Waals surface area contributed by atoms with E-state index in [2.05, 4.69) is 34.5 Å². The van der Waals surface area contributed by atoms with Crippen molar-refractivity contribution in [3.8, 4) is 5.75 Å². The van der Waals surface area contributed by atoms with Crippen molar-refractivity contribution in [3.05, 3.63) is 89.5 Å². The molecule has 1 atom stereocenters. The van der Waals surface area contributed by atoms with Gasteiger partial charge in [0.05, 0.1) is 16.9 Å².